The van der Waals surface area contributed by atoms with Crippen LogP contribution in [0.4, 0.5) is 0 Å². The summed E-state index contributed by atoms with van der Waals surface area (Å²) in [5, 5.41) is 12.8. The predicted molar refractivity (Wildman–Crippen MR) is 63.9 cm³/mol. The molecule has 1 aromatic rings. The van der Waals surface area contributed by atoms with Crippen molar-refractivity contribution < 1.29 is 5.11 Å². The summed E-state index contributed by atoms with van der Waals surface area (Å²) in [4.78, 5) is 0. The van der Waals surface area contributed by atoms with Crippen LogP contribution in [0.5, 0.6) is 0 Å². The molecule has 0 saturated carbocycles. The quantitative estimate of drug-likeness (QED) is 0.747. The van der Waals surface area contributed by atoms with Crippen LogP contribution in [0.15, 0.2) is 30.3 Å². The van der Waals surface area contributed by atoms with E-state index in [1.807, 2.05) is 18.2 Å². The van der Waals surface area contributed by atoms with Crippen molar-refractivity contribution in [3.05, 3.63) is 35.9 Å². The van der Waals surface area contributed by atoms with Gasteiger partial charge in [-0.25, -0.2) is 0 Å². The molecule has 0 aliphatic carbocycles. The standard InChI is InChI=1S/C13H21NO/c1-3-9-14-13(2,11-15)10-12-7-5-4-6-8-12/h4-8,14-15H,3,9-11H2,1-2H3. The Morgan fingerprint density at radius 1 is 1.27 bits per heavy atom. The van der Waals surface area contributed by atoms with Gasteiger partial charge in [-0.1, -0.05) is 37.3 Å². The van der Waals surface area contributed by atoms with Gasteiger partial charge in [0, 0.05) is 5.54 Å². The van der Waals surface area contributed by atoms with E-state index < -0.39 is 0 Å². The molecule has 1 unspecified atom stereocenters. The van der Waals surface area contributed by atoms with Crippen molar-refractivity contribution in [2.45, 2.75) is 32.2 Å². The van der Waals surface area contributed by atoms with Gasteiger partial charge in [0.25, 0.3) is 0 Å². The summed E-state index contributed by atoms with van der Waals surface area (Å²) in [6, 6.07) is 10.3. The van der Waals surface area contributed by atoms with Crippen molar-refractivity contribution in [1.29, 1.82) is 0 Å². The Hall–Kier alpha value is -0.860. The fraction of sp³-hybridized carbons (Fsp3) is 0.538. The van der Waals surface area contributed by atoms with Gasteiger partial charge < -0.3 is 10.4 Å². The lowest BCUT2D eigenvalue weighted by Gasteiger charge is -2.29. The molecule has 1 aromatic carbocycles. The first-order valence-electron chi connectivity index (χ1n) is 5.60. The zero-order valence-corrected chi connectivity index (χ0v) is 9.66. The zero-order chi connectivity index (χ0) is 11.1. The third kappa shape index (κ3) is 4.02. The smallest absolute Gasteiger partial charge is 0.0613 e. The maximum Gasteiger partial charge on any atom is 0.0613 e. The van der Waals surface area contributed by atoms with E-state index in [2.05, 4.69) is 31.3 Å². The molecule has 0 heterocycles. The van der Waals surface area contributed by atoms with Crippen molar-refractivity contribution in [3.8, 4) is 0 Å². The number of nitrogens with one attached hydrogen (secondary N) is 1. The molecule has 2 nitrogen and oxygen atoms in total. The number of aliphatic hydroxyl groups excluding tert-OH is 1. The van der Waals surface area contributed by atoms with Gasteiger partial charge >= 0.3 is 0 Å². The summed E-state index contributed by atoms with van der Waals surface area (Å²) in [5.74, 6) is 0. The minimum Gasteiger partial charge on any atom is -0.394 e. The summed E-state index contributed by atoms with van der Waals surface area (Å²) in [5.41, 5.74) is 1.06. The normalized spacial score (nSPS) is 14.9. The molecule has 0 aliphatic rings. The molecular weight excluding hydrogens is 186 g/mol. The third-order valence-electron chi connectivity index (χ3n) is 2.59. The maximum absolute atomic E-state index is 9.41. The fourth-order valence-corrected chi connectivity index (χ4v) is 1.65. The van der Waals surface area contributed by atoms with Gasteiger partial charge in [-0.3, -0.25) is 0 Å². The van der Waals surface area contributed by atoms with Gasteiger partial charge in [-0.15, -0.1) is 0 Å². The van der Waals surface area contributed by atoms with Gasteiger partial charge in [0.2, 0.25) is 0 Å². The van der Waals surface area contributed by atoms with Crippen LogP contribution in [0.3, 0.4) is 0 Å². The monoisotopic (exact) mass is 207 g/mol. The highest BCUT2D eigenvalue weighted by Crippen LogP contribution is 2.12. The van der Waals surface area contributed by atoms with Crippen molar-refractivity contribution in [2.75, 3.05) is 13.2 Å². The average Bonchev–Trinajstić information content (AvgIpc) is 2.28. The van der Waals surface area contributed by atoms with E-state index in [1.165, 1.54) is 5.56 Å². The maximum atomic E-state index is 9.41. The van der Waals surface area contributed by atoms with Crippen LogP contribution in [0, 0.1) is 0 Å². The summed E-state index contributed by atoms with van der Waals surface area (Å²) >= 11 is 0. The Morgan fingerprint density at radius 3 is 2.47 bits per heavy atom. The lowest BCUT2D eigenvalue weighted by molar-refractivity contribution is 0.174. The first kappa shape index (κ1) is 12.2. The van der Waals surface area contributed by atoms with Gasteiger partial charge in [0.05, 0.1) is 6.61 Å². The first-order valence-corrected chi connectivity index (χ1v) is 5.60. The summed E-state index contributed by atoms with van der Waals surface area (Å²) in [6.07, 6.45) is 1.95. The molecule has 0 aliphatic heterocycles. The second-order valence-electron chi connectivity index (χ2n) is 4.31. The summed E-state index contributed by atoms with van der Waals surface area (Å²) in [6.45, 7) is 5.31. The predicted octanol–water partition coefficient (Wildman–Crippen LogP) is 1.98. The number of hydrogen-bond acceptors (Lipinski definition) is 2. The lowest BCUT2D eigenvalue weighted by Crippen LogP contribution is -2.47. The fourth-order valence-electron chi connectivity index (χ4n) is 1.65. The van der Waals surface area contributed by atoms with Crippen LogP contribution in [-0.2, 0) is 6.42 Å². The third-order valence-corrected chi connectivity index (χ3v) is 2.59. The van der Waals surface area contributed by atoms with Crippen LogP contribution in [0.25, 0.3) is 0 Å². The zero-order valence-electron chi connectivity index (χ0n) is 9.66. The van der Waals surface area contributed by atoms with Crippen LogP contribution >= 0.6 is 0 Å². The Bertz CT molecular complexity index is 273. The average molecular weight is 207 g/mol. The molecule has 84 valence electrons. The highest BCUT2D eigenvalue weighted by atomic mass is 16.3. The number of benzene rings is 1. The molecule has 0 spiro atoms. The molecule has 15 heavy (non-hydrogen) atoms. The second-order valence-corrected chi connectivity index (χ2v) is 4.31. The van der Waals surface area contributed by atoms with E-state index in [0.717, 1.165) is 19.4 Å². The Morgan fingerprint density at radius 2 is 1.93 bits per heavy atom. The summed E-state index contributed by atoms with van der Waals surface area (Å²) < 4.78 is 0. The molecule has 0 fully saturated rings. The van der Waals surface area contributed by atoms with E-state index in [1.54, 1.807) is 0 Å². The van der Waals surface area contributed by atoms with Crippen molar-refractivity contribution in [2.24, 2.45) is 0 Å². The molecule has 0 saturated heterocycles. The SMILES string of the molecule is CCCNC(C)(CO)Cc1ccccc1. The minimum absolute atomic E-state index is 0.169. The van der Waals surface area contributed by atoms with E-state index in [-0.39, 0.29) is 12.1 Å². The molecule has 0 bridgehead atoms. The van der Waals surface area contributed by atoms with Crippen LogP contribution in [0.1, 0.15) is 25.8 Å². The van der Waals surface area contributed by atoms with Crippen molar-refractivity contribution in [3.63, 3.8) is 0 Å². The van der Waals surface area contributed by atoms with E-state index in [9.17, 15) is 5.11 Å². The molecular formula is C13H21NO. The topological polar surface area (TPSA) is 32.3 Å². The first-order chi connectivity index (χ1) is 7.20. The van der Waals surface area contributed by atoms with Gasteiger partial charge in [-0.05, 0) is 31.9 Å². The number of rotatable bonds is 6. The van der Waals surface area contributed by atoms with Crippen LogP contribution in [-0.4, -0.2) is 23.8 Å². The molecule has 1 rings (SSSR count). The highest BCUT2D eigenvalue weighted by molar-refractivity contribution is 5.17. The molecule has 2 N–H and O–H groups in total. The molecule has 0 radical (unpaired) electrons. The Kier molecular flexibility index (Phi) is 4.79. The highest BCUT2D eigenvalue weighted by Gasteiger charge is 2.22. The number of aliphatic hydroxyl groups is 1. The van der Waals surface area contributed by atoms with Gasteiger partial charge in [-0.2, -0.15) is 0 Å². The Labute approximate surface area is 92.3 Å². The van der Waals surface area contributed by atoms with E-state index in [0.29, 0.717) is 0 Å². The molecule has 2 heteroatoms. The molecule has 0 aromatic heterocycles. The molecule has 1 atom stereocenters. The van der Waals surface area contributed by atoms with Crippen molar-refractivity contribution >= 4 is 0 Å². The summed E-state index contributed by atoms with van der Waals surface area (Å²) in [7, 11) is 0. The molecule has 0 amide bonds. The second kappa shape index (κ2) is 5.89. The Balaban J connectivity index is 2.59. The number of hydrogen-bond donors (Lipinski definition) is 2. The van der Waals surface area contributed by atoms with E-state index in [4.69, 9.17) is 0 Å². The van der Waals surface area contributed by atoms with Gasteiger partial charge in [0.15, 0.2) is 0 Å². The van der Waals surface area contributed by atoms with E-state index >= 15 is 0 Å². The van der Waals surface area contributed by atoms with Crippen LogP contribution < -0.4 is 5.32 Å². The lowest BCUT2D eigenvalue weighted by atomic mass is 9.93. The van der Waals surface area contributed by atoms with Gasteiger partial charge in [0.1, 0.15) is 0 Å². The largest absolute Gasteiger partial charge is 0.394 e. The van der Waals surface area contributed by atoms with Crippen molar-refractivity contribution in [1.82, 2.24) is 5.32 Å². The minimum atomic E-state index is -0.197. The van der Waals surface area contributed by atoms with Crippen LogP contribution in [0.2, 0.25) is 0 Å².